The van der Waals surface area contributed by atoms with Crippen molar-refractivity contribution < 1.29 is 0 Å². The van der Waals surface area contributed by atoms with E-state index in [0.29, 0.717) is 11.8 Å². The predicted octanol–water partition coefficient (Wildman–Crippen LogP) is 0.724. The van der Waals surface area contributed by atoms with Gasteiger partial charge in [-0.25, -0.2) is 4.98 Å². The van der Waals surface area contributed by atoms with E-state index in [1.807, 2.05) is 0 Å². The first-order valence-electron chi connectivity index (χ1n) is 5.64. The first kappa shape index (κ1) is 9.09. The summed E-state index contributed by atoms with van der Waals surface area (Å²) in [6.07, 6.45) is 5.15. The van der Waals surface area contributed by atoms with Gasteiger partial charge in [0.25, 0.3) is 5.56 Å². The van der Waals surface area contributed by atoms with E-state index in [0.717, 1.165) is 43.7 Å². The lowest BCUT2D eigenvalue weighted by molar-refractivity contribution is 0.692. The molecule has 0 amide bonds. The van der Waals surface area contributed by atoms with Crippen LogP contribution in [-0.2, 0) is 0 Å². The number of rotatable bonds is 2. The molecule has 1 saturated carbocycles. The van der Waals surface area contributed by atoms with Gasteiger partial charge in [-0.2, -0.15) is 0 Å². The first-order valence-corrected chi connectivity index (χ1v) is 5.64. The Morgan fingerprint density at radius 1 is 1.27 bits per heavy atom. The summed E-state index contributed by atoms with van der Waals surface area (Å²) in [5.74, 6) is 1.73. The maximum Gasteiger partial charge on any atom is 0.254 e. The fourth-order valence-electron chi connectivity index (χ4n) is 2.20. The molecular weight excluding hydrogens is 190 g/mol. The van der Waals surface area contributed by atoms with Gasteiger partial charge in [0.05, 0.1) is 0 Å². The second-order valence-electron chi connectivity index (χ2n) is 4.52. The topological polar surface area (TPSA) is 57.8 Å². The molecule has 0 bridgehead atoms. The number of aromatic amines is 1. The van der Waals surface area contributed by atoms with E-state index >= 15 is 0 Å². The third kappa shape index (κ3) is 1.69. The molecule has 2 heterocycles. The molecule has 4 nitrogen and oxygen atoms in total. The van der Waals surface area contributed by atoms with Gasteiger partial charge in [0.2, 0.25) is 0 Å². The molecule has 3 rings (SSSR count). The van der Waals surface area contributed by atoms with Crippen LogP contribution in [0.25, 0.3) is 0 Å². The molecule has 2 aliphatic rings. The van der Waals surface area contributed by atoms with Crippen LogP contribution in [0, 0.1) is 0 Å². The van der Waals surface area contributed by atoms with Crippen molar-refractivity contribution in [1.29, 1.82) is 0 Å². The SMILES string of the molecule is O=c1[nH]c(C2CCNC2)ncc1C1CC1. The summed E-state index contributed by atoms with van der Waals surface area (Å²) in [7, 11) is 0. The molecule has 15 heavy (non-hydrogen) atoms. The Morgan fingerprint density at radius 3 is 2.73 bits per heavy atom. The number of aromatic nitrogens is 2. The number of hydrogen-bond acceptors (Lipinski definition) is 3. The molecule has 1 aromatic rings. The van der Waals surface area contributed by atoms with E-state index in [1.165, 1.54) is 0 Å². The van der Waals surface area contributed by atoms with Crippen molar-refractivity contribution >= 4 is 0 Å². The van der Waals surface area contributed by atoms with Crippen molar-refractivity contribution in [3.05, 3.63) is 27.9 Å². The summed E-state index contributed by atoms with van der Waals surface area (Å²) >= 11 is 0. The smallest absolute Gasteiger partial charge is 0.254 e. The second kappa shape index (κ2) is 3.45. The molecule has 4 heteroatoms. The van der Waals surface area contributed by atoms with Crippen molar-refractivity contribution in [3.63, 3.8) is 0 Å². The van der Waals surface area contributed by atoms with Crippen LogP contribution >= 0.6 is 0 Å². The van der Waals surface area contributed by atoms with Crippen LogP contribution in [0.4, 0.5) is 0 Å². The molecular formula is C11H15N3O. The average molecular weight is 205 g/mol. The van der Waals surface area contributed by atoms with Crippen LogP contribution < -0.4 is 10.9 Å². The average Bonchev–Trinajstić information content (AvgIpc) is 2.93. The van der Waals surface area contributed by atoms with Gasteiger partial charge in [-0.05, 0) is 31.7 Å². The minimum atomic E-state index is 0.0781. The Bertz CT molecular complexity index is 416. The molecule has 1 aromatic heterocycles. The molecule has 1 atom stereocenters. The molecule has 2 N–H and O–H groups in total. The van der Waals surface area contributed by atoms with Gasteiger partial charge in [-0.3, -0.25) is 4.79 Å². The van der Waals surface area contributed by atoms with E-state index in [1.54, 1.807) is 6.20 Å². The Balaban J connectivity index is 1.90. The second-order valence-corrected chi connectivity index (χ2v) is 4.52. The van der Waals surface area contributed by atoms with Crippen molar-refractivity contribution in [1.82, 2.24) is 15.3 Å². The van der Waals surface area contributed by atoms with E-state index in [4.69, 9.17) is 0 Å². The number of nitrogens with zero attached hydrogens (tertiary/aromatic N) is 1. The Hall–Kier alpha value is -1.16. The standard InChI is InChI=1S/C11H15N3O/c15-11-9(7-1-2-7)6-13-10(14-11)8-3-4-12-5-8/h6-8,12H,1-5H2,(H,13,14,15). The predicted molar refractivity (Wildman–Crippen MR) is 57.1 cm³/mol. The van der Waals surface area contributed by atoms with Gasteiger partial charge < -0.3 is 10.3 Å². The van der Waals surface area contributed by atoms with E-state index in [2.05, 4.69) is 15.3 Å². The zero-order valence-electron chi connectivity index (χ0n) is 8.62. The first-order chi connectivity index (χ1) is 7.34. The van der Waals surface area contributed by atoms with Crippen LogP contribution in [0.15, 0.2) is 11.0 Å². The molecule has 1 saturated heterocycles. The van der Waals surface area contributed by atoms with E-state index < -0.39 is 0 Å². The quantitative estimate of drug-likeness (QED) is 0.748. The number of H-pyrrole nitrogens is 1. The maximum absolute atomic E-state index is 11.8. The zero-order valence-corrected chi connectivity index (χ0v) is 8.62. The highest BCUT2D eigenvalue weighted by atomic mass is 16.1. The van der Waals surface area contributed by atoms with Crippen LogP contribution in [0.3, 0.4) is 0 Å². The van der Waals surface area contributed by atoms with Crippen molar-refractivity contribution in [2.75, 3.05) is 13.1 Å². The summed E-state index contributed by atoms with van der Waals surface area (Å²) in [5.41, 5.74) is 0.958. The van der Waals surface area contributed by atoms with Crippen LogP contribution in [0.1, 0.15) is 42.5 Å². The van der Waals surface area contributed by atoms with Gasteiger partial charge in [0, 0.05) is 24.2 Å². The molecule has 0 radical (unpaired) electrons. The minimum absolute atomic E-state index is 0.0781. The Morgan fingerprint density at radius 2 is 2.13 bits per heavy atom. The molecule has 0 spiro atoms. The lowest BCUT2D eigenvalue weighted by atomic mass is 10.1. The minimum Gasteiger partial charge on any atom is -0.316 e. The van der Waals surface area contributed by atoms with E-state index in [9.17, 15) is 4.79 Å². The highest BCUT2D eigenvalue weighted by Crippen LogP contribution is 2.37. The lowest BCUT2D eigenvalue weighted by Gasteiger charge is -2.07. The lowest BCUT2D eigenvalue weighted by Crippen LogP contribution is -2.18. The van der Waals surface area contributed by atoms with Gasteiger partial charge in [-0.1, -0.05) is 0 Å². The molecule has 1 aliphatic carbocycles. The highest BCUT2D eigenvalue weighted by Gasteiger charge is 2.27. The summed E-state index contributed by atoms with van der Waals surface area (Å²) in [5, 5.41) is 3.28. The molecule has 80 valence electrons. The van der Waals surface area contributed by atoms with E-state index in [-0.39, 0.29) is 5.56 Å². The Labute approximate surface area is 88.1 Å². The zero-order chi connectivity index (χ0) is 10.3. The van der Waals surface area contributed by atoms with Gasteiger partial charge >= 0.3 is 0 Å². The summed E-state index contributed by atoms with van der Waals surface area (Å²) in [6.45, 7) is 1.96. The Kier molecular flexibility index (Phi) is 2.09. The van der Waals surface area contributed by atoms with Crippen molar-refractivity contribution in [2.24, 2.45) is 0 Å². The van der Waals surface area contributed by atoms with Crippen LogP contribution in [-0.4, -0.2) is 23.1 Å². The van der Waals surface area contributed by atoms with Crippen LogP contribution in [0.2, 0.25) is 0 Å². The summed E-state index contributed by atoms with van der Waals surface area (Å²) < 4.78 is 0. The third-order valence-electron chi connectivity index (χ3n) is 3.31. The maximum atomic E-state index is 11.8. The molecule has 0 aromatic carbocycles. The summed E-state index contributed by atoms with van der Waals surface area (Å²) in [6, 6.07) is 0. The van der Waals surface area contributed by atoms with Gasteiger partial charge in [-0.15, -0.1) is 0 Å². The monoisotopic (exact) mass is 205 g/mol. The number of hydrogen-bond donors (Lipinski definition) is 2. The highest BCUT2D eigenvalue weighted by molar-refractivity contribution is 5.18. The van der Waals surface area contributed by atoms with Crippen molar-refractivity contribution in [3.8, 4) is 0 Å². The van der Waals surface area contributed by atoms with Gasteiger partial charge in [0.15, 0.2) is 0 Å². The normalized spacial score (nSPS) is 25.7. The van der Waals surface area contributed by atoms with Crippen LogP contribution in [0.5, 0.6) is 0 Å². The fourth-order valence-corrected chi connectivity index (χ4v) is 2.20. The fraction of sp³-hybridized carbons (Fsp3) is 0.636. The van der Waals surface area contributed by atoms with Gasteiger partial charge in [0.1, 0.15) is 5.82 Å². The third-order valence-corrected chi connectivity index (χ3v) is 3.31. The molecule has 2 fully saturated rings. The molecule has 1 aliphatic heterocycles. The number of nitrogens with one attached hydrogen (secondary N) is 2. The largest absolute Gasteiger partial charge is 0.316 e. The summed E-state index contributed by atoms with van der Waals surface area (Å²) in [4.78, 5) is 19.1. The molecule has 1 unspecified atom stereocenters. The van der Waals surface area contributed by atoms with Crippen molar-refractivity contribution in [2.45, 2.75) is 31.1 Å².